The van der Waals surface area contributed by atoms with E-state index in [4.69, 9.17) is 0 Å². The van der Waals surface area contributed by atoms with E-state index in [1.54, 1.807) is 0 Å². The van der Waals surface area contributed by atoms with Gasteiger partial charge in [-0.05, 0) is 37.0 Å². The molecule has 0 spiro atoms. The van der Waals surface area contributed by atoms with Crippen LogP contribution in [0, 0.1) is 6.92 Å². The summed E-state index contributed by atoms with van der Waals surface area (Å²) >= 11 is 0. The summed E-state index contributed by atoms with van der Waals surface area (Å²) < 4.78 is 0. The molecule has 104 valence electrons. The van der Waals surface area contributed by atoms with Gasteiger partial charge < -0.3 is 10.0 Å². The molecule has 1 aromatic carbocycles. The monoisotopic (exact) mass is 268 g/mol. The highest BCUT2D eigenvalue weighted by Crippen LogP contribution is 2.27. The molecule has 1 saturated heterocycles. The molecule has 2 aromatic rings. The number of benzene rings is 1. The molecule has 1 aliphatic heterocycles. The summed E-state index contributed by atoms with van der Waals surface area (Å²) in [6, 6.07) is 11.8. The largest absolute Gasteiger partial charge is 0.384 e. The van der Waals surface area contributed by atoms with Gasteiger partial charge in [-0.15, -0.1) is 0 Å². The average molecular weight is 268 g/mol. The number of pyridine rings is 1. The Hall–Kier alpha value is -1.87. The maximum absolute atomic E-state index is 10.5. The van der Waals surface area contributed by atoms with E-state index < -0.39 is 6.10 Å². The summed E-state index contributed by atoms with van der Waals surface area (Å²) in [5.41, 5.74) is 2.89. The smallest absolute Gasteiger partial charge is 0.128 e. The van der Waals surface area contributed by atoms with Gasteiger partial charge in [-0.1, -0.05) is 30.3 Å². The quantitative estimate of drug-likeness (QED) is 0.929. The molecule has 1 fully saturated rings. The van der Waals surface area contributed by atoms with E-state index in [-0.39, 0.29) is 0 Å². The van der Waals surface area contributed by atoms with Crippen molar-refractivity contribution in [2.24, 2.45) is 0 Å². The fourth-order valence-corrected chi connectivity index (χ4v) is 2.77. The summed E-state index contributed by atoms with van der Waals surface area (Å²) in [5.74, 6) is 1.03. The van der Waals surface area contributed by atoms with Crippen LogP contribution < -0.4 is 4.90 Å². The summed E-state index contributed by atoms with van der Waals surface area (Å²) in [4.78, 5) is 6.85. The lowest BCUT2D eigenvalue weighted by Gasteiger charge is -2.19. The van der Waals surface area contributed by atoms with Crippen molar-refractivity contribution in [2.45, 2.75) is 25.9 Å². The van der Waals surface area contributed by atoms with Gasteiger partial charge in [0.15, 0.2) is 0 Å². The highest BCUT2D eigenvalue weighted by atomic mass is 16.3. The van der Waals surface area contributed by atoms with Gasteiger partial charge in [0, 0.05) is 24.8 Å². The van der Waals surface area contributed by atoms with Gasteiger partial charge in [0.05, 0.1) is 0 Å². The minimum Gasteiger partial charge on any atom is -0.384 e. The van der Waals surface area contributed by atoms with Gasteiger partial charge in [-0.2, -0.15) is 0 Å². The van der Waals surface area contributed by atoms with E-state index in [0.717, 1.165) is 35.6 Å². The van der Waals surface area contributed by atoms with E-state index >= 15 is 0 Å². The van der Waals surface area contributed by atoms with Crippen LogP contribution in [-0.4, -0.2) is 23.2 Å². The Balaban J connectivity index is 1.87. The number of aliphatic hydroxyl groups excluding tert-OH is 1. The molecule has 3 nitrogen and oxygen atoms in total. The Morgan fingerprint density at radius 3 is 2.50 bits per heavy atom. The lowest BCUT2D eigenvalue weighted by molar-refractivity contribution is 0.219. The first-order valence-electron chi connectivity index (χ1n) is 7.20. The van der Waals surface area contributed by atoms with Gasteiger partial charge >= 0.3 is 0 Å². The fourth-order valence-electron chi connectivity index (χ4n) is 2.77. The maximum atomic E-state index is 10.5. The second kappa shape index (κ2) is 5.63. The van der Waals surface area contributed by atoms with Gasteiger partial charge in [0.2, 0.25) is 0 Å². The van der Waals surface area contributed by atoms with Crippen molar-refractivity contribution < 1.29 is 5.11 Å². The third-order valence-corrected chi connectivity index (χ3v) is 3.98. The van der Waals surface area contributed by atoms with Gasteiger partial charge in [0.25, 0.3) is 0 Å². The lowest BCUT2D eigenvalue weighted by atomic mass is 9.99. The molecule has 0 radical (unpaired) electrons. The van der Waals surface area contributed by atoms with E-state index in [0.29, 0.717) is 0 Å². The zero-order valence-corrected chi connectivity index (χ0v) is 11.8. The van der Waals surface area contributed by atoms with E-state index in [1.807, 2.05) is 43.5 Å². The number of nitrogens with zero attached hydrogens (tertiary/aromatic N) is 2. The minimum absolute atomic E-state index is 0.601. The highest BCUT2D eigenvalue weighted by Gasteiger charge is 2.17. The van der Waals surface area contributed by atoms with Crippen LogP contribution in [0.3, 0.4) is 0 Å². The van der Waals surface area contributed by atoms with Crippen molar-refractivity contribution in [1.82, 2.24) is 4.98 Å². The first-order valence-corrected chi connectivity index (χ1v) is 7.20. The third-order valence-electron chi connectivity index (χ3n) is 3.98. The summed E-state index contributed by atoms with van der Waals surface area (Å²) in [6.45, 7) is 4.22. The molecule has 0 saturated carbocycles. The molecule has 2 heterocycles. The van der Waals surface area contributed by atoms with Crippen LogP contribution in [0.5, 0.6) is 0 Å². The second-order valence-corrected chi connectivity index (χ2v) is 5.41. The lowest BCUT2D eigenvalue weighted by Crippen LogP contribution is -2.19. The fraction of sp³-hybridized carbons (Fsp3) is 0.353. The summed E-state index contributed by atoms with van der Waals surface area (Å²) in [7, 11) is 0. The SMILES string of the molecule is Cc1cc(N2CCCC2)ncc1C(O)c1ccccc1. The van der Waals surface area contributed by atoms with Gasteiger partial charge in [-0.25, -0.2) is 4.98 Å². The zero-order valence-electron chi connectivity index (χ0n) is 11.8. The molecule has 20 heavy (non-hydrogen) atoms. The van der Waals surface area contributed by atoms with E-state index in [9.17, 15) is 5.11 Å². The van der Waals surface area contributed by atoms with Crippen molar-refractivity contribution in [1.29, 1.82) is 0 Å². The number of aryl methyl sites for hydroxylation is 1. The number of hydrogen-bond donors (Lipinski definition) is 1. The maximum Gasteiger partial charge on any atom is 0.128 e. The van der Waals surface area contributed by atoms with Crippen LogP contribution in [0.4, 0.5) is 5.82 Å². The highest BCUT2D eigenvalue weighted by molar-refractivity contribution is 5.46. The Morgan fingerprint density at radius 1 is 1.15 bits per heavy atom. The summed E-state index contributed by atoms with van der Waals surface area (Å²) in [5, 5.41) is 10.5. The molecule has 1 unspecified atom stereocenters. The predicted molar refractivity (Wildman–Crippen MR) is 80.9 cm³/mol. The van der Waals surface area contributed by atoms with Crippen molar-refractivity contribution in [2.75, 3.05) is 18.0 Å². The molecule has 1 aliphatic rings. The summed E-state index contributed by atoms with van der Waals surface area (Å²) in [6.07, 6.45) is 3.71. The molecular weight excluding hydrogens is 248 g/mol. The number of rotatable bonds is 3. The molecule has 1 atom stereocenters. The number of aromatic nitrogens is 1. The molecular formula is C17H20N2O. The number of aliphatic hydroxyl groups is 1. The van der Waals surface area contributed by atoms with Crippen molar-refractivity contribution in [3.8, 4) is 0 Å². The average Bonchev–Trinajstić information content (AvgIpc) is 3.01. The Labute approximate surface area is 119 Å². The topological polar surface area (TPSA) is 36.4 Å². The second-order valence-electron chi connectivity index (χ2n) is 5.41. The third kappa shape index (κ3) is 2.54. The molecule has 0 aliphatic carbocycles. The number of hydrogen-bond acceptors (Lipinski definition) is 3. The van der Waals surface area contributed by atoms with Crippen molar-refractivity contribution in [3.63, 3.8) is 0 Å². The van der Waals surface area contributed by atoms with E-state index in [1.165, 1.54) is 12.8 Å². The van der Waals surface area contributed by atoms with Crippen LogP contribution in [0.2, 0.25) is 0 Å². The molecule has 0 amide bonds. The molecule has 1 N–H and O–H groups in total. The minimum atomic E-state index is -0.601. The zero-order chi connectivity index (χ0) is 13.9. The first-order chi connectivity index (χ1) is 9.75. The van der Waals surface area contributed by atoms with E-state index in [2.05, 4.69) is 16.0 Å². The van der Waals surface area contributed by atoms with Crippen LogP contribution in [0.1, 0.15) is 35.6 Å². The Kier molecular flexibility index (Phi) is 3.70. The molecule has 0 bridgehead atoms. The number of anilines is 1. The molecule has 3 heteroatoms. The van der Waals surface area contributed by atoms with Crippen LogP contribution >= 0.6 is 0 Å². The van der Waals surface area contributed by atoms with Crippen molar-refractivity contribution >= 4 is 5.82 Å². The molecule has 3 rings (SSSR count). The van der Waals surface area contributed by atoms with Crippen LogP contribution in [-0.2, 0) is 0 Å². The van der Waals surface area contributed by atoms with Gasteiger partial charge in [-0.3, -0.25) is 0 Å². The molecule has 1 aromatic heterocycles. The van der Waals surface area contributed by atoms with Gasteiger partial charge in [0.1, 0.15) is 11.9 Å². The predicted octanol–water partition coefficient (Wildman–Crippen LogP) is 3.07. The van der Waals surface area contributed by atoms with Crippen LogP contribution in [0.15, 0.2) is 42.6 Å². The van der Waals surface area contributed by atoms with Crippen molar-refractivity contribution in [3.05, 3.63) is 59.3 Å². The Morgan fingerprint density at radius 2 is 1.85 bits per heavy atom. The normalized spacial score (nSPS) is 16.4. The Bertz CT molecular complexity index is 577. The van der Waals surface area contributed by atoms with Crippen LogP contribution in [0.25, 0.3) is 0 Å². The standard InChI is InChI=1S/C17H20N2O/c1-13-11-16(19-9-5-6-10-19)18-12-15(13)17(20)14-7-3-2-4-8-14/h2-4,7-8,11-12,17,20H,5-6,9-10H2,1H3. The first kappa shape index (κ1) is 13.1.